The highest BCUT2D eigenvalue weighted by atomic mass is 31.3. The molecule has 2 amide bonds. The summed E-state index contributed by atoms with van der Waals surface area (Å²) >= 11 is 0. The monoisotopic (exact) mass is 425 g/mol. The minimum absolute atomic E-state index is 0.548. The Labute approximate surface area is 146 Å². The topological polar surface area (TPSA) is 261 Å². The Morgan fingerprint density at radius 2 is 1.88 bits per heavy atom. The van der Waals surface area contributed by atoms with E-state index >= 15 is 0 Å². The van der Waals surface area contributed by atoms with Crippen molar-refractivity contribution in [3.8, 4) is 0 Å². The van der Waals surface area contributed by atoms with Crippen molar-refractivity contribution in [2.75, 3.05) is 13.2 Å². The number of hydrogen-bond acceptors (Lipinski definition) is 10. The third-order valence-electron chi connectivity index (χ3n) is 2.54. The van der Waals surface area contributed by atoms with Crippen LogP contribution in [0, 0.1) is 0 Å². The van der Waals surface area contributed by atoms with Gasteiger partial charge in [0, 0.05) is 12.3 Å². The van der Waals surface area contributed by atoms with Gasteiger partial charge in [-0.2, -0.15) is 4.31 Å². The van der Waals surface area contributed by atoms with Crippen LogP contribution in [0.15, 0.2) is 12.3 Å². The lowest BCUT2D eigenvalue weighted by Gasteiger charge is -2.30. The Morgan fingerprint density at radius 1 is 1.35 bits per heavy atom. The Kier molecular flexibility index (Phi) is 8.99. The molecular formula is C9H21N3O12P2. The highest BCUT2D eigenvalue weighted by Crippen LogP contribution is 2.58. The number of amides is 2. The zero-order valence-electron chi connectivity index (χ0n) is 13.3. The van der Waals surface area contributed by atoms with Crippen molar-refractivity contribution in [2.24, 2.45) is 5.73 Å². The molecule has 0 saturated carbocycles. The molecular weight excluding hydrogens is 404 g/mol. The van der Waals surface area contributed by atoms with E-state index in [2.05, 4.69) is 14.2 Å². The van der Waals surface area contributed by atoms with Gasteiger partial charge in [-0.05, 0) is 6.92 Å². The average molecular weight is 425 g/mol. The molecule has 26 heavy (non-hydrogen) atoms. The maximum absolute atomic E-state index is 11.1. The smallest absolute Gasteiger partial charge is 0.394 e. The van der Waals surface area contributed by atoms with E-state index in [1.165, 1.54) is 6.92 Å². The van der Waals surface area contributed by atoms with Crippen molar-refractivity contribution < 1.29 is 57.9 Å². The van der Waals surface area contributed by atoms with Crippen molar-refractivity contribution >= 4 is 21.7 Å². The molecule has 0 aromatic heterocycles. The van der Waals surface area contributed by atoms with Crippen LogP contribution in [-0.4, -0.2) is 71.9 Å². The van der Waals surface area contributed by atoms with Crippen LogP contribution in [0.1, 0.15) is 6.92 Å². The van der Waals surface area contributed by atoms with Crippen molar-refractivity contribution in [3.05, 3.63) is 12.3 Å². The molecule has 0 saturated heterocycles. The number of aliphatic hydroxyl groups excluding tert-OH is 3. The normalized spacial score (nSPS) is 25.7. The van der Waals surface area contributed by atoms with Gasteiger partial charge in [0.15, 0.2) is 0 Å². The minimum Gasteiger partial charge on any atom is -0.394 e. The number of carbonyl (C=O) groups is 1. The summed E-state index contributed by atoms with van der Waals surface area (Å²) < 4.78 is 29.2. The molecule has 4 atom stereocenters. The van der Waals surface area contributed by atoms with Gasteiger partial charge >= 0.3 is 21.7 Å². The van der Waals surface area contributed by atoms with E-state index in [0.29, 0.717) is 0 Å². The zero-order valence-corrected chi connectivity index (χ0v) is 15.1. The first-order valence-electron chi connectivity index (χ1n) is 6.54. The summed E-state index contributed by atoms with van der Waals surface area (Å²) in [4.78, 5) is 36.5. The molecule has 1 aliphatic heterocycles. The predicted octanol–water partition coefficient (Wildman–Crippen LogP) is -3.27. The van der Waals surface area contributed by atoms with Gasteiger partial charge in [-0.15, -0.1) is 0 Å². The predicted molar refractivity (Wildman–Crippen MR) is 82.6 cm³/mol. The van der Waals surface area contributed by atoms with Gasteiger partial charge in [-0.3, -0.25) is 11.1 Å². The van der Waals surface area contributed by atoms with Gasteiger partial charge in [-0.1, -0.05) is 0 Å². The molecule has 0 aliphatic carbocycles. The average Bonchev–Trinajstić information content (AvgIpc) is 2.42. The molecule has 0 aromatic rings. The Hall–Kier alpha value is -0.930. The van der Waals surface area contributed by atoms with Crippen molar-refractivity contribution in [3.63, 3.8) is 0 Å². The van der Waals surface area contributed by atoms with Gasteiger partial charge in [-0.25, -0.2) is 18.4 Å². The van der Waals surface area contributed by atoms with Crippen LogP contribution in [-0.2, 0) is 18.0 Å². The standard InChI is InChI=1S/C5H12O4.C4H9N3O8P2/c1-5(9,3-7)4(8)2-6;5-4(1-2-6-3(8)7-4)14-17(12,13)15-16(9,10)11/h4,6-9H,2-3H2,1H3;1-2H,5H2,(H,12,13)(H2,6,7,8)(H2,9,10,11)/t4-,5+;/m1./s1. The molecule has 1 rings (SSSR count). The summed E-state index contributed by atoms with van der Waals surface area (Å²) in [5, 5.41) is 38.3. The second kappa shape index (κ2) is 9.32. The van der Waals surface area contributed by atoms with Crippen LogP contribution in [0.4, 0.5) is 4.79 Å². The number of aliphatic hydroxyl groups is 4. The first-order chi connectivity index (χ1) is 11.6. The molecule has 154 valence electrons. The largest absolute Gasteiger partial charge is 0.484 e. The number of urea groups is 1. The Balaban J connectivity index is 0.000000590. The molecule has 15 nitrogen and oxygen atoms in total. The van der Waals surface area contributed by atoms with Gasteiger partial charge in [0.25, 0.3) is 0 Å². The number of phosphoric acid groups is 2. The molecule has 17 heteroatoms. The molecule has 1 aliphatic rings. The number of nitrogens with one attached hydrogen (secondary N) is 2. The minimum atomic E-state index is -5.25. The van der Waals surface area contributed by atoms with E-state index in [9.17, 15) is 13.9 Å². The molecule has 0 spiro atoms. The third kappa shape index (κ3) is 9.68. The van der Waals surface area contributed by atoms with Crippen molar-refractivity contribution in [1.82, 2.24) is 10.6 Å². The molecule has 0 aromatic carbocycles. The number of phosphoric ester groups is 1. The van der Waals surface area contributed by atoms with Crippen LogP contribution in [0.25, 0.3) is 0 Å². The second-order valence-electron chi connectivity index (χ2n) is 5.07. The summed E-state index contributed by atoms with van der Waals surface area (Å²) in [6.45, 7) is 0.135. The third-order valence-corrected chi connectivity index (χ3v) is 4.75. The van der Waals surface area contributed by atoms with Crippen LogP contribution in [0.3, 0.4) is 0 Å². The fourth-order valence-electron chi connectivity index (χ4n) is 1.19. The van der Waals surface area contributed by atoms with Crippen molar-refractivity contribution in [1.29, 1.82) is 0 Å². The summed E-state index contributed by atoms with van der Waals surface area (Å²) in [6.07, 6.45) is 0.666. The number of rotatable bonds is 7. The first-order valence-corrected chi connectivity index (χ1v) is 9.56. The summed E-state index contributed by atoms with van der Waals surface area (Å²) in [7, 11) is -10.4. The van der Waals surface area contributed by atoms with E-state index in [0.717, 1.165) is 12.3 Å². The molecule has 0 bridgehead atoms. The second-order valence-corrected chi connectivity index (χ2v) is 7.82. The molecule has 0 fully saturated rings. The maximum Gasteiger partial charge on any atom is 0.484 e. The lowest BCUT2D eigenvalue weighted by Crippen LogP contribution is -2.60. The van der Waals surface area contributed by atoms with Crippen LogP contribution < -0.4 is 16.4 Å². The lowest BCUT2D eigenvalue weighted by atomic mass is 10.0. The number of carbonyl (C=O) groups excluding carboxylic acids is 1. The highest BCUT2D eigenvalue weighted by Gasteiger charge is 2.41. The van der Waals surface area contributed by atoms with Gasteiger partial charge in [0.2, 0.25) is 5.85 Å². The molecule has 2 unspecified atom stereocenters. The van der Waals surface area contributed by atoms with E-state index in [1.54, 1.807) is 0 Å². The number of hydrogen-bond donors (Lipinski definition) is 10. The van der Waals surface area contributed by atoms with Crippen LogP contribution >= 0.6 is 15.6 Å². The highest BCUT2D eigenvalue weighted by molar-refractivity contribution is 7.60. The Bertz CT molecular complexity index is 607. The number of nitrogens with two attached hydrogens (primary N) is 1. The quantitative estimate of drug-likeness (QED) is 0.142. The molecule has 0 radical (unpaired) electrons. The fourth-order valence-corrected chi connectivity index (χ4v) is 2.89. The molecule has 1 heterocycles. The van der Waals surface area contributed by atoms with E-state index in [-0.39, 0.29) is 0 Å². The maximum atomic E-state index is 11.1. The lowest BCUT2D eigenvalue weighted by molar-refractivity contribution is -0.108. The van der Waals surface area contributed by atoms with Gasteiger partial charge in [0.1, 0.15) is 11.7 Å². The summed E-state index contributed by atoms with van der Waals surface area (Å²) in [5.74, 6) is -2.22. The van der Waals surface area contributed by atoms with E-state index in [4.69, 9.17) is 40.8 Å². The van der Waals surface area contributed by atoms with Gasteiger partial charge < -0.3 is 40.4 Å². The van der Waals surface area contributed by atoms with Crippen LogP contribution in [0.2, 0.25) is 0 Å². The Morgan fingerprint density at radius 3 is 2.23 bits per heavy atom. The van der Waals surface area contributed by atoms with Crippen LogP contribution in [0.5, 0.6) is 0 Å². The summed E-state index contributed by atoms with van der Waals surface area (Å²) in [5.41, 5.74) is 3.72. The summed E-state index contributed by atoms with van der Waals surface area (Å²) in [6, 6.07) is -0.842. The SMILES string of the molecule is C[C@](O)(CO)[C@H](O)CO.NC1(OP(=O)(O)OP(=O)(O)O)C=CNC(=O)N1. The van der Waals surface area contributed by atoms with Gasteiger partial charge in [0.05, 0.1) is 13.2 Å². The van der Waals surface area contributed by atoms with E-state index in [1.807, 2.05) is 5.32 Å². The molecule has 11 N–H and O–H groups in total. The van der Waals surface area contributed by atoms with Crippen molar-refractivity contribution in [2.45, 2.75) is 24.5 Å². The van der Waals surface area contributed by atoms with E-state index < -0.39 is 52.4 Å². The fraction of sp³-hybridized carbons (Fsp3) is 0.667. The zero-order chi connectivity index (χ0) is 20.8. The first kappa shape index (κ1) is 25.1.